The van der Waals surface area contributed by atoms with Crippen molar-refractivity contribution in [2.75, 3.05) is 13.1 Å². The van der Waals surface area contributed by atoms with E-state index < -0.39 is 5.60 Å². The predicted octanol–water partition coefficient (Wildman–Crippen LogP) is 3.28. The molecule has 0 saturated carbocycles. The number of rotatable bonds is 1. The van der Waals surface area contributed by atoms with Gasteiger partial charge in [0.05, 0.1) is 11.6 Å². The molecule has 4 nitrogen and oxygen atoms in total. The number of likely N-dealkylation sites (tertiary alicyclic amines) is 1. The van der Waals surface area contributed by atoms with E-state index in [1.54, 1.807) is 11.0 Å². The standard InChI is InChI=1S/C16H20N2O2/c1-16(2,3)20-15(19)18-8-7-14(11-18)13-6-4-5-12(9-13)10-17/h4-6,9,14H,7-8,11H2,1-3H3. The molecular formula is C16H20N2O2. The van der Waals surface area contributed by atoms with Gasteiger partial charge in [-0.25, -0.2) is 4.79 Å². The average Bonchev–Trinajstić information content (AvgIpc) is 2.86. The minimum Gasteiger partial charge on any atom is -0.444 e. The van der Waals surface area contributed by atoms with Crippen LogP contribution in [-0.4, -0.2) is 29.7 Å². The fraction of sp³-hybridized carbons (Fsp3) is 0.500. The van der Waals surface area contributed by atoms with Crippen molar-refractivity contribution in [2.45, 2.75) is 38.7 Å². The zero-order valence-electron chi connectivity index (χ0n) is 12.2. The summed E-state index contributed by atoms with van der Waals surface area (Å²) in [7, 11) is 0. The van der Waals surface area contributed by atoms with E-state index in [1.807, 2.05) is 39.0 Å². The summed E-state index contributed by atoms with van der Waals surface area (Å²) in [5.41, 5.74) is 1.32. The van der Waals surface area contributed by atoms with Crippen molar-refractivity contribution >= 4 is 6.09 Å². The van der Waals surface area contributed by atoms with E-state index in [4.69, 9.17) is 10.00 Å². The second-order valence-corrected chi connectivity index (χ2v) is 6.15. The van der Waals surface area contributed by atoms with E-state index >= 15 is 0 Å². The molecule has 0 bridgehead atoms. The summed E-state index contributed by atoms with van der Waals surface area (Å²) in [5, 5.41) is 8.94. The maximum Gasteiger partial charge on any atom is 0.410 e. The van der Waals surface area contributed by atoms with E-state index in [2.05, 4.69) is 6.07 Å². The van der Waals surface area contributed by atoms with Crippen molar-refractivity contribution in [3.8, 4) is 6.07 Å². The van der Waals surface area contributed by atoms with E-state index in [0.717, 1.165) is 12.0 Å². The monoisotopic (exact) mass is 272 g/mol. The molecule has 0 aliphatic carbocycles. The van der Waals surface area contributed by atoms with Gasteiger partial charge < -0.3 is 9.64 Å². The van der Waals surface area contributed by atoms with Crippen molar-refractivity contribution in [3.63, 3.8) is 0 Å². The summed E-state index contributed by atoms with van der Waals surface area (Å²) in [6, 6.07) is 9.76. The molecule has 2 rings (SSSR count). The van der Waals surface area contributed by atoms with Crippen LogP contribution in [0.25, 0.3) is 0 Å². The summed E-state index contributed by atoms with van der Waals surface area (Å²) in [5.74, 6) is 0.288. The van der Waals surface area contributed by atoms with Gasteiger partial charge in [0.25, 0.3) is 0 Å². The van der Waals surface area contributed by atoms with Crippen LogP contribution in [0.5, 0.6) is 0 Å². The Bertz CT molecular complexity index is 540. The molecule has 0 N–H and O–H groups in total. The lowest BCUT2D eigenvalue weighted by molar-refractivity contribution is 0.0292. The molecule has 0 spiro atoms. The number of nitrogens with zero attached hydrogens (tertiary/aromatic N) is 2. The summed E-state index contributed by atoms with van der Waals surface area (Å²) < 4.78 is 5.39. The van der Waals surface area contributed by atoms with Crippen LogP contribution in [0, 0.1) is 11.3 Å². The van der Waals surface area contributed by atoms with Crippen LogP contribution in [0.2, 0.25) is 0 Å². The van der Waals surface area contributed by atoms with Crippen molar-refractivity contribution in [1.82, 2.24) is 4.90 Å². The summed E-state index contributed by atoms with van der Waals surface area (Å²) in [6.45, 7) is 6.97. The van der Waals surface area contributed by atoms with Crippen molar-refractivity contribution in [1.29, 1.82) is 5.26 Å². The molecule has 1 fully saturated rings. The Morgan fingerprint density at radius 1 is 1.45 bits per heavy atom. The van der Waals surface area contributed by atoms with Gasteiger partial charge in [-0.1, -0.05) is 12.1 Å². The average molecular weight is 272 g/mol. The maximum atomic E-state index is 12.0. The molecule has 1 amide bonds. The first-order chi connectivity index (χ1) is 9.39. The van der Waals surface area contributed by atoms with E-state index in [-0.39, 0.29) is 12.0 Å². The highest BCUT2D eigenvalue weighted by molar-refractivity contribution is 5.68. The van der Waals surface area contributed by atoms with Gasteiger partial charge >= 0.3 is 6.09 Å². The smallest absolute Gasteiger partial charge is 0.410 e. The normalized spacial score (nSPS) is 18.7. The Labute approximate surface area is 120 Å². The van der Waals surface area contributed by atoms with Crippen LogP contribution >= 0.6 is 0 Å². The van der Waals surface area contributed by atoms with E-state index in [0.29, 0.717) is 18.7 Å². The molecule has 1 aliphatic heterocycles. The third-order valence-electron chi connectivity index (χ3n) is 3.33. The second-order valence-electron chi connectivity index (χ2n) is 6.15. The fourth-order valence-corrected chi connectivity index (χ4v) is 2.39. The Morgan fingerprint density at radius 3 is 2.85 bits per heavy atom. The lowest BCUT2D eigenvalue weighted by Gasteiger charge is -2.24. The highest BCUT2D eigenvalue weighted by atomic mass is 16.6. The van der Waals surface area contributed by atoms with Gasteiger partial charge in [-0.3, -0.25) is 0 Å². The highest BCUT2D eigenvalue weighted by Gasteiger charge is 2.30. The number of carbonyl (C=O) groups is 1. The second kappa shape index (κ2) is 5.54. The van der Waals surface area contributed by atoms with Gasteiger partial charge in [-0.15, -0.1) is 0 Å². The van der Waals surface area contributed by atoms with Crippen LogP contribution in [0.3, 0.4) is 0 Å². The SMILES string of the molecule is CC(C)(C)OC(=O)N1CCC(c2cccc(C#N)c2)C1. The molecule has 20 heavy (non-hydrogen) atoms. The Kier molecular flexibility index (Phi) is 3.99. The van der Waals surface area contributed by atoms with Gasteiger partial charge in [-0.2, -0.15) is 5.26 Å². The molecule has 1 heterocycles. The van der Waals surface area contributed by atoms with Gasteiger partial charge in [0.15, 0.2) is 0 Å². The summed E-state index contributed by atoms with van der Waals surface area (Å²) >= 11 is 0. The van der Waals surface area contributed by atoms with Crippen LogP contribution in [0.15, 0.2) is 24.3 Å². The lowest BCUT2D eigenvalue weighted by atomic mass is 9.97. The van der Waals surface area contributed by atoms with Crippen molar-refractivity contribution in [2.24, 2.45) is 0 Å². The minimum absolute atomic E-state index is 0.253. The largest absolute Gasteiger partial charge is 0.444 e. The number of hydrogen-bond donors (Lipinski definition) is 0. The molecule has 106 valence electrons. The third kappa shape index (κ3) is 3.51. The van der Waals surface area contributed by atoms with Crippen LogP contribution in [0.1, 0.15) is 44.2 Å². The molecule has 4 heteroatoms. The number of amides is 1. The number of hydrogen-bond acceptors (Lipinski definition) is 3. The van der Waals surface area contributed by atoms with Gasteiger partial charge in [0.1, 0.15) is 5.60 Å². The maximum absolute atomic E-state index is 12.0. The zero-order chi connectivity index (χ0) is 14.8. The first-order valence-corrected chi connectivity index (χ1v) is 6.87. The molecule has 0 radical (unpaired) electrons. The highest BCUT2D eigenvalue weighted by Crippen LogP contribution is 2.28. The van der Waals surface area contributed by atoms with Crippen molar-refractivity contribution in [3.05, 3.63) is 35.4 Å². The zero-order valence-corrected chi connectivity index (χ0v) is 12.2. The number of carbonyl (C=O) groups excluding carboxylic acids is 1. The van der Waals surface area contributed by atoms with Gasteiger partial charge in [-0.05, 0) is 44.9 Å². The number of benzene rings is 1. The molecule has 0 aromatic heterocycles. The van der Waals surface area contributed by atoms with E-state index in [1.165, 1.54) is 0 Å². The molecule has 1 unspecified atom stereocenters. The van der Waals surface area contributed by atoms with Crippen LogP contribution < -0.4 is 0 Å². The van der Waals surface area contributed by atoms with Crippen LogP contribution in [0.4, 0.5) is 4.79 Å². The third-order valence-corrected chi connectivity index (χ3v) is 3.33. The molecule has 1 aromatic carbocycles. The van der Waals surface area contributed by atoms with Gasteiger partial charge in [0.2, 0.25) is 0 Å². The predicted molar refractivity (Wildman–Crippen MR) is 76.3 cm³/mol. The molecule has 1 saturated heterocycles. The molecule has 1 aliphatic rings. The minimum atomic E-state index is -0.462. The molecule has 1 aromatic rings. The van der Waals surface area contributed by atoms with Crippen molar-refractivity contribution < 1.29 is 9.53 Å². The summed E-state index contributed by atoms with van der Waals surface area (Å²) in [4.78, 5) is 13.8. The number of ether oxygens (including phenoxy) is 1. The summed E-state index contributed by atoms with van der Waals surface area (Å²) in [6.07, 6.45) is 0.658. The number of nitriles is 1. The Hall–Kier alpha value is -2.02. The first-order valence-electron chi connectivity index (χ1n) is 6.87. The van der Waals surface area contributed by atoms with E-state index in [9.17, 15) is 4.79 Å². The molecular weight excluding hydrogens is 252 g/mol. The lowest BCUT2D eigenvalue weighted by Crippen LogP contribution is -2.35. The Morgan fingerprint density at radius 2 is 2.20 bits per heavy atom. The first kappa shape index (κ1) is 14.4. The fourth-order valence-electron chi connectivity index (χ4n) is 2.39. The quantitative estimate of drug-likeness (QED) is 0.788. The topological polar surface area (TPSA) is 53.3 Å². The Balaban J connectivity index is 2.02. The van der Waals surface area contributed by atoms with Gasteiger partial charge in [0, 0.05) is 19.0 Å². The molecule has 1 atom stereocenters. The van der Waals surface area contributed by atoms with Crippen LogP contribution in [-0.2, 0) is 4.74 Å².